The van der Waals surface area contributed by atoms with Crippen molar-refractivity contribution in [1.82, 2.24) is 0 Å². The lowest BCUT2D eigenvalue weighted by atomic mass is 9.66. The fraction of sp³-hybridized carbons (Fsp3) is 0.611. The molecular formula is C18H23BF4O4. The summed E-state index contributed by atoms with van der Waals surface area (Å²) < 4.78 is 69.7. The van der Waals surface area contributed by atoms with Crippen molar-refractivity contribution in [1.29, 1.82) is 0 Å². The molecule has 0 N–H and O–H groups in total. The Hall–Kier alpha value is -1.61. The van der Waals surface area contributed by atoms with Gasteiger partial charge in [-0.05, 0) is 52.3 Å². The summed E-state index contributed by atoms with van der Waals surface area (Å²) in [6.07, 6.45) is -4.95. The highest BCUT2D eigenvalue weighted by molar-refractivity contribution is 6.48. The molecule has 150 valence electrons. The van der Waals surface area contributed by atoms with E-state index in [9.17, 15) is 22.4 Å². The number of halogens is 4. The van der Waals surface area contributed by atoms with Crippen LogP contribution in [0.15, 0.2) is 18.2 Å². The number of hydrogen-bond acceptors (Lipinski definition) is 4. The molecule has 1 aliphatic rings. The van der Waals surface area contributed by atoms with Gasteiger partial charge in [0, 0.05) is 5.82 Å². The number of hydrogen-bond donors (Lipinski definition) is 0. The van der Waals surface area contributed by atoms with Gasteiger partial charge in [0.25, 0.3) is 0 Å². The van der Waals surface area contributed by atoms with Crippen LogP contribution in [0.2, 0.25) is 0 Å². The standard InChI is InChI=1S/C18H23BF4O4/c1-6-25-15(24)10-13(19-26-16(2,3)17(4,5)27-19)12-8-7-11(9-14(12)20)18(21,22)23/h7-9,13H,6,10H2,1-5H3. The number of carbonyl (C=O) groups is 1. The molecule has 1 saturated heterocycles. The van der Waals surface area contributed by atoms with Gasteiger partial charge >= 0.3 is 19.3 Å². The summed E-state index contributed by atoms with van der Waals surface area (Å²) in [7, 11) is -1.01. The predicted molar refractivity (Wildman–Crippen MR) is 91.5 cm³/mol. The van der Waals surface area contributed by atoms with Gasteiger partial charge in [-0.2, -0.15) is 13.2 Å². The minimum absolute atomic E-state index is 0.0884. The van der Waals surface area contributed by atoms with Gasteiger partial charge < -0.3 is 14.0 Å². The van der Waals surface area contributed by atoms with E-state index in [-0.39, 0.29) is 18.6 Å². The molecule has 0 aliphatic carbocycles. The molecule has 0 saturated carbocycles. The van der Waals surface area contributed by atoms with Crippen LogP contribution in [0.4, 0.5) is 17.6 Å². The highest BCUT2D eigenvalue weighted by Gasteiger charge is 2.54. The van der Waals surface area contributed by atoms with Crippen molar-refractivity contribution in [2.75, 3.05) is 6.61 Å². The third kappa shape index (κ3) is 4.63. The first-order valence-corrected chi connectivity index (χ1v) is 8.66. The third-order valence-corrected chi connectivity index (χ3v) is 5.02. The zero-order valence-electron chi connectivity index (χ0n) is 15.9. The van der Waals surface area contributed by atoms with Gasteiger partial charge in [0.2, 0.25) is 0 Å². The van der Waals surface area contributed by atoms with Crippen LogP contribution in [0.1, 0.15) is 58.0 Å². The number of carbonyl (C=O) groups excluding carboxylic acids is 1. The van der Waals surface area contributed by atoms with Gasteiger partial charge in [-0.3, -0.25) is 4.79 Å². The Morgan fingerprint density at radius 2 is 1.74 bits per heavy atom. The Morgan fingerprint density at radius 1 is 1.19 bits per heavy atom. The van der Waals surface area contributed by atoms with E-state index in [4.69, 9.17) is 14.0 Å². The lowest BCUT2D eigenvalue weighted by Crippen LogP contribution is -2.41. The van der Waals surface area contributed by atoms with Gasteiger partial charge in [0.05, 0.1) is 29.8 Å². The maximum atomic E-state index is 14.5. The zero-order valence-corrected chi connectivity index (χ0v) is 15.9. The van der Waals surface area contributed by atoms with Crippen LogP contribution in [-0.2, 0) is 25.0 Å². The lowest BCUT2D eigenvalue weighted by molar-refractivity contribution is -0.143. The second-order valence-corrected chi connectivity index (χ2v) is 7.47. The molecule has 9 heteroatoms. The van der Waals surface area contributed by atoms with Crippen molar-refractivity contribution in [3.05, 3.63) is 35.1 Å². The molecule has 1 aromatic rings. The van der Waals surface area contributed by atoms with E-state index in [1.54, 1.807) is 34.6 Å². The fourth-order valence-corrected chi connectivity index (χ4v) is 2.81. The van der Waals surface area contributed by atoms with Crippen LogP contribution in [0, 0.1) is 5.82 Å². The highest BCUT2D eigenvalue weighted by Crippen LogP contribution is 2.42. The first-order chi connectivity index (χ1) is 12.3. The molecule has 0 aromatic heterocycles. The number of esters is 1. The second kappa shape index (κ2) is 7.43. The quantitative estimate of drug-likeness (QED) is 0.422. The van der Waals surface area contributed by atoms with Crippen LogP contribution in [0.5, 0.6) is 0 Å². The number of rotatable bonds is 5. The van der Waals surface area contributed by atoms with Gasteiger partial charge in [-0.15, -0.1) is 0 Å². The van der Waals surface area contributed by atoms with Crippen LogP contribution < -0.4 is 0 Å². The largest absolute Gasteiger partial charge is 0.466 e. The maximum absolute atomic E-state index is 14.5. The summed E-state index contributed by atoms with van der Waals surface area (Å²) in [5.41, 5.74) is -2.68. The molecule has 1 aromatic carbocycles. The molecule has 2 rings (SSSR count). The Morgan fingerprint density at radius 3 is 2.19 bits per heavy atom. The molecule has 0 radical (unpaired) electrons. The van der Waals surface area contributed by atoms with E-state index in [2.05, 4.69) is 0 Å². The van der Waals surface area contributed by atoms with E-state index in [0.717, 1.165) is 12.1 Å². The summed E-state index contributed by atoms with van der Waals surface area (Å²) in [5, 5.41) is 0. The van der Waals surface area contributed by atoms with Crippen LogP contribution in [0.25, 0.3) is 0 Å². The SMILES string of the molecule is CCOC(=O)CC(B1OC(C)(C)C(C)(C)O1)c1ccc(C(F)(F)F)cc1F. The molecule has 27 heavy (non-hydrogen) atoms. The molecule has 1 fully saturated rings. The van der Waals surface area contributed by atoms with Gasteiger partial charge in [-0.25, -0.2) is 4.39 Å². The predicted octanol–water partition coefficient (Wildman–Crippen LogP) is 4.51. The molecular weight excluding hydrogens is 367 g/mol. The van der Waals surface area contributed by atoms with E-state index in [1.165, 1.54) is 0 Å². The topological polar surface area (TPSA) is 44.8 Å². The average Bonchev–Trinajstić information content (AvgIpc) is 2.72. The second-order valence-electron chi connectivity index (χ2n) is 7.47. The molecule has 1 atom stereocenters. The highest BCUT2D eigenvalue weighted by atomic mass is 19.4. The fourth-order valence-electron chi connectivity index (χ4n) is 2.81. The third-order valence-electron chi connectivity index (χ3n) is 5.02. The average molecular weight is 390 g/mol. The summed E-state index contributed by atoms with van der Waals surface area (Å²) >= 11 is 0. The molecule has 1 heterocycles. The van der Waals surface area contributed by atoms with Gasteiger partial charge in [-0.1, -0.05) is 6.07 Å². The Kier molecular flexibility index (Phi) is 5.97. The Bertz CT molecular complexity index is 687. The lowest BCUT2D eigenvalue weighted by Gasteiger charge is -2.32. The van der Waals surface area contributed by atoms with Gasteiger partial charge in [0.15, 0.2) is 0 Å². The molecule has 0 amide bonds. The van der Waals surface area contributed by atoms with Gasteiger partial charge in [0.1, 0.15) is 5.82 Å². The van der Waals surface area contributed by atoms with E-state index in [0.29, 0.717) is 6.07 Å². The van der Waals surface area contributed by atoms with Crippen LogP contribution in [-0.4, -0.2) is 30.9 Å². The smallest absolute Gasteiger partial charge is 0.466 e. The minimum atomic E-state index is -4.67. The van der Waals surface area contributed by atoms with E-state index < -0.39 is 47.7 Å². The molecule has 4 nitrogen and oxygen atoms in total. The van der Waals surface area contributed by atoms with Crippen molar-refractivity contribution >= 4 is 13.1 Å². The van der Waals surface area contributed by atoms with Crippen molar-refractivity contribution in [2.45, 2.75) is 64.2 Å². The monoisotopic (exact) mass is 390 g/mol. The van der Waals surface area contributed by atoms with Crippen LogP contribution >= 0.6 is 0 Å². The van der Waals surface area contributed by atoms with Crippen molar-refractivity contribution in [3.63, 3.8) is 0 Å². The maximum Gasteiger partial charge on any atom is 0.466 e. The van der Waals surface area contributed by atoms with Crippen LogP contribution in [0.3, 0.4) is 0 Å². The first-order valence-electron chi connectivity index (χ1n) is 8.66. The Labute approximate surface area is 156 Å². The van der Waals surface area contributed by atoms with Crippen molar-refractivity contribution in [3.8, 4) is 0 Å². The van der Waals surface area contributed by atoms with E-state index >= 15 is 0 Å². The summed E-state index contributed by atoms with van der Waals surface area (Å²) in [4.78, 5) is 12.0. The molecule has 0 spiro atoms. The molecule has 1 unspecified atom stereocenters. The molecule has 0 bridgehead atoms. The minimum Gasteiger partial charge on any atom is -0.466 e. The number of alkyl halides is 3. The number of ether oxygens (including phenoxy) is 1. The summed E-state index contributed by atoms with van der Waals surface area (Å²) in [5.74, 6) is -2.64. The van der Waals surface area contributed by atoms with Crippen molar-refractivity contribution in [2.24, 2.45) is 0 Å². The zero-order chi connectivity index (χ0) is 20.6. The Balaban J connectivity index is 2.41. The normalized spacial score (nSPS) is 19.8. The first kappa shape index (κ1) is 21.7. The van der Waals surface area contributed by atoms with Crippen molar-refractivity contribution < 1.29 is 36.4 Å². The summed E-state index contributed by atoms with van der Waals surface area (Å²) in [6.45, 7) is 8.91. The van der Waals surface area contributed by atoms with E-state index in [1.807, 2.05) is 0 Å². The number of benzene rings is 1. The molecule has 1 aliphatic heterocycles. The summed E-state index contributed by atoms with van der Waals surface area (Å²) in [6, 6.07) is 2.22.